The molecule has 0 unspecified atom stereocenters. The maximum atomic E-state index is 9.82. The molecule has 0 saturated carbocycles. The lowest BCUT2D eigenvalue weighted by Crippen LogP contribution is -2.29. The molecule has 0 heterocycles. The van der Waals surface area contributed by atoms with Crippen LogP contribution in [0, 0.1) is 0 Å². The van der Waals surface area contributed by atoms with Crippen molar-refractivity contribution in [2.75, 3.05) is 20.3 Å². The van der Waals surface area contributed by atoms with Crippen molar-refractivity contribution < 1.29 is 9.84 Å². The van der Waals surface area contributed by atoms with Crippen LogP contribution in [0.2, 0.25) is 0 Å². The second kappa shape index (κ2) is 6.62. The molecular formula is C19H31BrO2. The first kappa shape index (κ1) is 19.7. The van der Waals surface area contributed by atoms with Gasteiger partial charge in [-0.05, 0) is 22.1 Å². The summed E-state index contributed by atoms with van der Waals surface area (Å²) in [5.74, 6) is 0. The van der Waals surface area contributed by atoms with Crippen molar-refractivity contribution in [3.8, 4) is 0 Å². The summed E-state index contributed by atoms with van der Waals surface area (Å²) in [6.07, 6.45) is 0. The summed E-state index contributed by atoms with van der Waals surface area (Å²) in [4.78, 5) is 0. The summed E-state index contributed by atoms with van der Waals surface area (Å²) >= 11 is 3.80. The second-order valence-electron chi connectivity index (χ2n) is 8.49. The molecule has 0 fully saturated rings. The van der Waals surface area contributed by atoms with Crippen LogP contribution in [0.25, 0.3) is 0 Å². The van der Waals surface area contributed by atoms with Gasteiger partial charge in [-0.15, -0.1) is 0 Å². The third-order valence-electron chi connectivity index (χ3n) is 4.30. The van der Waals surface area contributed by atoms with Gasteiger partial charge < -0.3 is 9.84 Å². The molecule has 0 aromatic heterocycles. The number of methoxy groups -OCH3 is 1. The van der Waals surface area contributed by atoms with Gasteiger partial charge in [-0.2, -0.15) is 0 Å². The monoisotopic (exact) mass is 370 g/mol. The van der Waals surface area contributed by atoms with Crippen LogP contribution >= 0.6 is 15.9 Å². The van der Waals surface area contributed by atoms with Gasteiger partial charge in [0.2, 0.25) is 0 Å². The number of ether oxygens (including phenoxy) is 1. The van der Waals surface area contributed by atoms with E-state index in [2.05, 4.69) is 76.5 Å². The van der Waals surface area contributed by atoms with Gasteiger partial charge >= 0.3 is 0 Å². The van der Waals surface area contributed by atoms with E-state index >= 15 is 0 Å². The number of benzene rings is 1. The predicted octanol–water partition coefficient (Wildman–Crippen LogP) is 4.94. The van der Waals surface area contributed by atoms with E-state index in [0.29, 0.717) is 6.61 Å². The molecule has 0 atom stereocenters. The summed E-state index contributed by atoms with van der Waals surface area (Å²) in [7, 11) is 1.74. The van der Waals surface area contributed by atoms with E-state index in [4.69, 9.17) is 4.74 Å². The molecular weight excluding hydrogens is 340 g/mol. The Morgan fingerprint density at radius 3 is 1.77 bits per heavy atom. The number of aliphatic hydroxyl groups is 1. The molecule has 22 heavy (non-hydrogen) atoms. The summed E-state index contributed by atoms with van der Waals surface area (Å²) in [6.45, 7) is 16.0. The first-order valence-electron chi connectivity index (χ1n) is 7.81. The largest absolute Gasteiger partial charge is 0.395 e. The Hall–Kier alpha value is -0.380. The Bertz CT molecular complexity index is 525. The molecule has 1 N–H and O–H groups in total. The van der Waals surface area contributed by atoms with E-state index in [9.17, 15) is 5.11 Å². The molecule has 2 nitrogen and oxygen atoms in total. The third-order valence-corrected chi connectivity index (χ3v) is 5.15. The highest BCUT2D eigenvalue weighted by molar-refractivity contribution is 9.10. The number of halogens is 1. The molecule has 3 heteroatoms. The van der Waals surface area contributed by atoms with E-state index < -0.39 is 0 Å². The van der Waals surface area contributed by atoms with Gasteiger partial charge in [-0.3, -0.25) is 0 Å². The van der Waals surface area contributed by atoms with Gasteiger partial charge in [-0.1, -0.05) is 76.5 Å². The van der Waals surface area contributed by atoms with Crippen LogP contribution in [0.4, 0.5) is 0 Å². The molecule has 0 spiro atoms. The smallest absolute Gasteiger partial charge is 0.0554 e. The molecule has 0 aliphatic rings. The molecule has 0 saturated heterocycles. The normalized spacial score (nSPS) is 13.5. The highest BCUT2D eigenvalue weighted by Crippen LogP contribution is 2.41. The van der Waals surface area contributed by atoms with Crippen LogP contribution in [-0.2, 0) is 21.0 Å². The van der Waals surface area contributed by atoms with Crippen molar-refractivity contribution in [2.24, 2.45) is 0 Å². The molecule has 126 valence electrons. The van der Waals surface area contributed by atoms with Crippen molar-refractivity contribution in [2.45, 2.75) is 64.7 Å². The van der Waals surface area contributed by atoms with Crippen LogP contribution in [0.3, 0.4) is 0 Å². The van der Waals surface area contributed by atoms with Crippen LogP contribution in [0.1, 0.15) is 65.2 Å². The first-order valence-corrected chi connectivity index (χ1v) is 8.61. The zero-order chi connectivity index (χ0) is 17.3. The Kier molecular flexibility index (Phi) is 5.92. The predicted molar refractivity (Wildman–Crippen MR) is 97.9 cm³/mol. The summed E-state index contributed by atoms with van der Waals surface area (Å²) in [5, 5.41) is 9.82. The zero-order valence-electron chi connectivity index (χ0n) is 15.3. The number of aliphatic hydroxyl groups excluding tert-OH is 1. The van der Waals surface area contributed by atoms with Gasteiger partial charge in [0.25, 0.3) is 0 Å². The first-order chi connectivity index (χ1) is 9.86. The second-order valence-corrected chi connectivity index (χ2v) is 9.29. The number of hydrogen-bond acceptors (Lipinski definition) is 2. The Morgan fingerprint density at radius 2 is 1.41 bits per heavy atom. The minimum atomic E-state index is -0.294. The molecule has 0 aliphatic heterocycles. The Morgan fingerprint density at radius 1 is 0.955 bits per heavy atom. The minimum Gasteiger partial charge on any atom is -0.395 e. The van der Waals surface area contributed by atoms with Crippen LogP contribution < -0.4 is 0 Å². The maximum Gasteiger partial charge on any atom is 0.0554 e. The van der Waals surface area contributed by atoms with Crippen molar-refractivity contribution in [3.05, 3.63) is 33.3 Å². The molecule has 0 bridgehead atoms. The van der Waals surface area contributed by atoms with Gasteiger partial charge in [-0.25, -0.2) is 0 Å². The highest BCUT2D eigenvalue weighted by Gasteiger charge is 2.31. The quantitative estimate of drug-likeness (QED) is 0.794. The van der Waals surface area contributed by atoms with Gasteiger partial charge in [0, 0.05) is 22.4 Å². The number of hydrogen-bond donors (Lipinski definition) is 1. The molecule has 0 aliphatic carbocycles. The van der Waals surface area contributed by atoms with E-state index in [-0.39, 0.29) is 22.9 Å². The SMILES string of the molecule is COCC(C)(C)c1cc(C(C)(C)C)cc(C(C)(C)CO)c1Br. The lowest BCUT2D eigenvalue weighted by atomic mass is 9.75. The van der Waals surface area contributed by atoms with Crippen molar-refractivity contribution >= 4 is 15.9 Å². The molecule has 1 aromatic rings. The van der Waals surface area contributed by atoms with Crippen molar-refractivity contribution in [1.82, 2.24) is 0 Å². The van der Waals surface area contributed by atoms with E-state index in [1.807, 2.05) is 0 Å². The molecule has 0 radical (unpaired) electrons. The van der Waals surface area contributed by atoms with Crippen molar-refractivity contribution in [1.29, 1.82) is 0 Å². The van der Waals surface area contributed by atoms with Crippen LogP contribution in [0.5, 0.6) is 0 Å². The Labute approximate surface area is 144 Å². The molecule has 1 aromatic carbocycles. The van der Waals surface area contributed by atoms with E-state index in [1.165, 1.54) is 11.1 Å². The highest BCUT2D eigenvalue weighted by atomic mass is 79.9. The third kappa shape index (κ3) is 4.12. The summed E-state index contributed by atoms with van der Waals surface area (Å²) in [6, 6.07) is 4.51. The van der Waals surface area contributed by atoms with Gasteiger partial charge in [0.15, 0.2) is 0 Å². The summed E-state index contributed by atoms with van der Waals surface area (Å²) in [5.41, 5.74) is 3.33. The standard InChI is InChI=1S/C19H31BrO2/c1-17(2,3)13-9-14(18(4,5)11-21)16(20)15(10-13)19(6,7)12-22-8/h9-10,21H,11-12H2,1-8H3. The van der Waals surface area contributed by atoms with E-state index in [0.717, 1.165) is 10.0 Å². The average Bonchev–Trinajstić information content (AvgIpc) is 2.36. The fraction of sp³-hybridized carbons (Fsp3) is 0.684. The van der Waals surface area contributed by atoms with E-state index in [1.54, 1.807) is 7.11 Å². The Balaban J connectivity index is 3.67. The van der Waals surface area contributed by atoms with Gasteiger partial charge in [0.05, 0.1) is 13.2 Å². The van der Waals surface area contributed by atoms with Crippen LogP contribution in [-0.4, -0.2) is 25.4 Å². The minimum absolute atomic E-state index is 0.0545. The average molecular weight is 371 g/mol. The lowest BCUT2D eigenvalue weighted by molar-refractivity contribution is 0.146. The molecule has 1 rings (SSSR count). The fourth-order valence-electron chi connectivity index (χ4n) is 2.57. The fourth-order valence-corrected chi connectivity index (χ4v) is 3.87. The lowest BCUT2D eigenvalue weighted by Gasteiger charge is -2.33. The number of rotatable bonds is 5. The van der Waals surface area contributed by atoms with Crippen molar-refractivity contribution in [3.63, 3.8) is 0 Å². The maximum absolute atomic E-state index is 9.82. The summed E-state index contributed by atoms with van der Waals surface area (Å²) < 4.78 is 6.51. The molecule has 0 amide bonds. The van der Waals surface area contributed by atoms with Gasteiger partial charge in [0.1, 0.15) is 0 Å². The topological polar surface area (TPSA) is 29.5 Å². The zero-order valence-corrected chi connectivity index (χ0v) is 16.9. The van der Waals surface area contributed by atoms with Crippen LogP contribution in [0.15, 0.2) is 16.6 Å².